The van der Waals surface area contributed by atoms with Crippen molar-refractivity contribution in [2.24, 2.45) is 0 Å². The van der Waals surface area contributed by atoms with E-state index in [1.54, 1.807) is 0 Å². The molecule has 2 fully saturated rings. The first-order chi connectivity index (χ1) is 9.08. The third-order valence-corrected chi connectivity index (χ3v) is 4.66. The van der Waals surface area contributed by atoms with Crippen LogP contribution in [0.1, 0.15) is 51.9 Å². The van der Waals surface area contributed by atoms with Gasteiger partial charge in [0.2, 0.25) is 5.91 Å². The number of carboxylic acid groups (broad SMARTS) is 1. The Balaban J connectivity index is 1.93. The topological polar surface area (TPSA) is 69.6 Å². The zero-order chi connectivity index (χ0) is 13.9. The van der Waals surface area contributed by atoms with Gasteiger partial charge in [0.1, 0.15) is 5.54 Å². The number of rotatable bonds is 5. The van der Waals surface area contributed by atoms with Gasteiger partial charge in [0.25, 0.3) is 0 Å². The average Bonchev–Trinajstić information content (AvgIpc) is 2.98. The predicted molar refractivity (Wildman–Crippen MR) is 71.9 cm³/mol. The number of carbonyl (C=O) groups is 2. The van der Waals surface area contributed by atoms with E-state index in [0.29, 0.717) is 25.4 Å². The first-order valence-corrected chi connectivity index (χ1v) is 7.36. The molecule has 2 rings (SSSR count). The lowest BCUT2D eigenvalue weighted by atomic mass is 9.93. The highest BCUT2D eigenvalue weighted by atomic mass is 16.4. The molecule has 0 aromatic carbocycles. The molecule has 108 valence electrons. The summed E-state index contributed by atoms with van der Waals surface area (Å²) in [7, 11) is 0. The molecule has 0 aromatic heterocycles. The summed E-state index contributed by atoms with van der Waals surface area (Å²) in [5, 5.41) is 12.5. The third kappa shape index (κ3) is 2.91. The van der Waals surface area contributed by atoms with Crippen molar-refractivity contribution in [3.8, 4) is 0 Å². The summed E-state index contributed by atoms with van der Waals surface area (Å²) in [6.07, 6.45) is 6.55. The van der Waals surface area contributed by atoms with Crippen LogP contribution in [-0.2, 0) is 9.59 Å². The second-order valence-electron chi connectivity index (χ2n) is 5.76. The van der Waals surface area contributed by atoms with Gasteiger partial charge in [-0.2, -0.15) is 0 Å². The van der Waals surface area contributed by atoms with Gasteiger partial charge in [-0.1, -0.05) is 19.8 Å². The maximum absolute atomic E-state index is 12.0. The molecule has 0 bridgehead atoms. The Hall–Kier alpha value is -1.10. The molecule has 1 aliphatic carbocycles. The Bertz CT molecular complexity index is 353. The second kappa shape index (κ2) is 5.90. The van der Waals surface area contributed by atoms with Crippen LogP contribution in [0.3, 0.4) is 0 Å². The van der Waals surface area contributed by atoms with Crippen LogP contribution in [0.2, 0.25) is 0 Å². The van der Waals surface area contributed by atoms with Crippen LogP contribution in [-0.4, -0.2) is 46.6 Å². The van der Waals surface area contributed by atoms with Crippen molar-refractivity contribution in [3.05, 3.63) is 0 Å². The van der Waals surface area contributed by atoms with Gasteiger partial charge in [0.05, 0.1) is 6.54 Å². The van der Waals surface area contributed by atoms with E-state index < -0.39 is 11.5 Å². The molecule has 0 spiro atoms. The summed E-state index contributed by atoms with van der Waals surface area (Å²) in [6.45, 7) is 2.82. The number of carbonyl (C=O) groups excluding carboxylic acids is 1. The fourth-order valence-electron chi connectivity index (χ4n) is 3.48. The van der Waals surface area contributed by atoms with Crippen LogP contribution in [0.25, 0.3) is 0 Å². The summed E-state index contributed by atoms with van der Waals surface area (Å²) in [6, 6.07) is 0.302. The fraction of sp³-hybridized carbons (Fsp3) is 0.857. The van der Waals surface area contributed by atoms with Crippen molar-refractivity contribution in [2.45, 2.75) is 63.5 Å². The maximum Gasteiger partial charge on any atom is 0.324 e. The Morgan fingerprint density at radius 1 is 1.32 bits per heavy atom. The Morgan fingerprint density at radius 3 is 2.58 bits per heavy atom. The van der Waals surface area contributed by atoms with E-state index in [1.807, 2.05) is 11.8 Å². The van der Waals surface area contributed by atoms with Crippen molar-refractivity contribution in [3.63, 3.8) is 0 Å². The van der Waals surface area contributed by atoms with Crippen LogP contribution in [0.15, 0.2) is 0 Å². The standard InChI is InChI=1S/C14H24N2O3/c1-2-14(13(18)19)8-5-9-16(14)10-12(17)15-11-6-3-4-7-11/h11H,2-10H2,1H3,(H,15,17)(H,18,19). The number of hydrogen-bond donors (Lipinski definition) is 2. The Morgan fingerprint density at radius 2 is 2.00 bits per heavy atom. The van der Waals surface area contributed by atoms with Crippen LogP contribution >= 0.6 is 0 Å². The molecule has 1 saturated heterocycles. The lowest BCUT2D eigenvalue weighted by Crippen LogP contribution is -2.53. The molecule has 0 radical (unpaired) electrons. The monoisotopic (exact) mass is 268 g/mol. The van der Waals surface area contributed by atoms with E-state index in [9.17, 15) is 14.7 Å². The van der Waals surface area contributed by atoms with Crippen LogP contribution in [0.5, 0.6) is 0 Å². The number of aliphatic carboxylic acids is 1. The van der Waals surface area contributed by atoms with E-state index in [0.717, 1.165) is 19.3 Å². The fourth-order valence-corrected chi connectivity index (χ4v) is 3.48. The first-order valence-electron chi connectivity index (χ1n) is 7.36. The van der Waals surface area contributed by atoms with Crippen molar-refractivity contribution in [1.82, 2.24) is 10.2 Å². The van der Waals surface area contributed by atoms with Gasteiger partial charge in [-0.3, -0.25) is 14.5 Å². The van der Waals surface area contributed by atoms with Gasteiger partial charge in [0.15, 0.2) is 0 Å². The molecule has 5 heteroatoms. The van der Waals surface area contributed by atoms with E-state index in [1.165, 1.54) is 12.8 Å². The van der Waals surface area contributed by atoms with Crippen molar-refractivity contribution in [2.75, 3.05) is 13.1 Å². The van der Waals surface area contributed by atoms with E-state index >= 15 is 0 Å². The van der Waals surface area contributed by atoms with Gasteiger partial charge in [-0.25, -0.2) is 0 Å². The van der Waals surface area contributed by atoms with Gasteiger partial charge in [-0.15, -0.1) is 0 Å². The normalized spacial score (nSPS) is 28.7. The minimum absolute atomic E-state index is 0.0205. The third-order valence-electron chi connectivity index (χ3n) is 4.66. The van der Waals surface area contributed by atoms with E-state index in [2.05, 4.69) is 5.32 Å². The largest absolute Gasteiger partial charge is 0.480 e. The number of amides is 1. The number of nitrogens with zero attached hydrogens (tertiary/aromatic N) is 1. The molecule has 19 heavy (non-hydrogen) atoms. The van der Waals surface area contributed by atoms with Crippen molar-refractivity contribution >= 4 is 11.9 Å². The second-order valence-corrected chi connectivity index (χ2v) is 5.76. The number of nitrogens with one attached hydrogen (secondary N) is 1. The summed E-state index contributed by atoms with van der Waals surface area (Å²) in [4.78, 5) is 25.4. The van der Waals surface area contributed by atoms with Gasteiger partial charge >= 0.3 is 5.97 Å². The smallest absolute Gasteiger partial charge is 0.324 e. The zero-order valence-electron chi connectivity index (χ0n) is 11.7. The molecule has 0 aromatic rings. The van der Waals surface area contributed by atoms with Crippen molar-refractivity contribution < 1.29 is 14.7 Å². The lowest BCUT2D eigenvalue weighted by molar-refractivity contribution is -0.150. The minimum atomic E-state index is -0.826. The number of likely N-dealkylation sites (tertiary alicyclic amines) is 1. The lowest BCUT2D eigenvalue weighted by Gasteiger charge is -2.33. The van der Waals surface area contributed by atoms with Crippen LogP contribution in [0.4, 0.5) is 0 Å². The molecule has 5 nitrogen and oxygen atoms in total. The van der Waals surface area contributed by atoms with E-state index in [4.69, 9.17) is 0 Å². The predicted octanol–water partition coefficient (Wildman–Crippen LogP) is 1.37. The highest BCUT2D eigenvalue weighted by Crippen LogP contribution is 2.32. The molecule has 1 unspecified atom stereocenters. The molecule has 2 N–H and O–H groups in total. The van der Waals surface area contributed by atoms with Gasteiger partial charge in [0, 0.05) is 6.04 Å². The molecule has 2 aliphatic rings. The highest BCUT2D eigenvalue weighted by molar-refractivity contribution is 5.82. The molecule has 1 aliphatic heterocycles. The van der Waals surface area contributed by atoms with Crippen molar-refractivity contribution in [1.29, 1.82) is 0 Å². The molecule has 1 saturated carbocycles. The first kappa shape index (κ1) is 14.3. The SMILES string of the molecule is CCC1(C(=O)O)CCCN1CC(=O)NC1CCCC1. The Kier molecular flexibility index (Phi) is 4.45. The number of carboxylic acids is 1. The van der Waals surface area contributed by atoms with E-state index in [-0.39, 0.29) is 12.5 Å². The average molecular weight is 268 g/mol. The molecule has 1 heterocycles. The summed E-state index contributed by atoms with van der Waals surface area (Å²) in [5.41, 5.74) is -0.826. The summed E-state index contributed by atoms with van der Waals surface area (Å²) < 4.78 is 0. The molecule has 1 atom stereocenters. The quantitative estimate of drug-likeness (QED) is 0.790. The zero-order valence-corrected chi connectivity index (χ0v) is 11.7. The molecular weight excluding hydrogens is 244 g/mol. The summed E-state index contributed by atoms with van der Waals surface area (Å²) in [5.74, 6) is -0.811. The molecule has 1 amide bonds. The highest BCUT2D eigenvalue weighted by Gasteiger charge is 2.46. The maximum atomic E-state index is 12.0. The minimum Gasteiger partial charge on any atom is -0.480 e. The van der Waals surface area contributed by atoms with Crippen LogP contribution < -0.4 is 5.32 Å². The van der Waals surface area contributed by atoms with Gasteiger partial charge in [-0.05, 0) is 38.6 Å². The Labute approximate surface area is 114 Å². The number of hydrogen-bond acceptors (Lipinski definition) is 3. The van der Waals surface area contributed by atoms with Gasteiger partial charge < -0.3 is 10.4 Å². The summed E-state index contributed by atoms with van der Waals surface area (Å²) >= 11 is 0. The van der Waals surface area contributed by atoms with Crippen LogP contribution in [0, 0.1) is 0 Å². The molecular formula is C14H24N2O3.